The molecule has 0 saturated carbocycles. The zero-order valence-electron chi connectivity index (χ0n) is 11.5. The van der Waals surface area contributed by atoms with E-state index in [0.717, 1.165) is 9.84 Å². The van der Waals surface area contributed by atoms with Gasteiger partial charge >= 0.3 is 5.97 Å². The lowest BCUT2D eigenvalue weighted by Gasteiger charge is -2.15. The fraction of sp³-hybridized carbons (Fsp3) is 0.462. The summed E-state index contributed by atoms with van der Waals surface area (Å²) in [5.74, 6) is -1.03. The monoisotopic (exact) mass is 296 g/mol. The van der Waals surface area contributed by atoms with E-state index in [2.05, 4.69) is 9.97 Å². The lowest BCUT2D eigenvalue weighted by Crippen LogP contribution is -2.12. The summed E-state index contributed by atoms with van der Waals surface area (Å²) in [4.78, 5) is 20.6. The van der Waals surface area contributed by atoms with E-state index in [1.165, 1.54) is 17.5 Å². The van der Waals surface area contributed by atoms with Crippen LogP contribution in [0.2, 0.25) is 0 Å². The third-order valence-electron chi connectivity index (χ3n) is 2.86. The van der Waals surface area contributed by atoms with Crippen LogP contribution in [-0.4, -0.2) is 41.4 Å². The Bertz CT molecular complexity index is 626. The molecule has 2 aromatic rings. The number of pyridine rings is 1. The van der Waals surface area contributed by atoms with Gasteiger partial charge in [0, 0.05) is 18.9 Å². The Morgan fingerprint density at radius 2 is 2.25 bits per heavy atom. The van der Waals surface area contributed by atoms with E-state index in [1.54, 1.807) is 7.11 Å². The average Bonchev–Trinajstić information content (AvgIpc) is 2.77. The number of hydrogen-bond donors (Lipinski definition) is 1. The third-order valence-corrected chi connectivity index (χ3v) is 3.74. The van der Waals surface area contributed by atoms with Gasteiger partial charge in [0.1, 0.15) is 10.3 Å². The molecule has 0 aromatic carbocycles. The van der Waals surface area contributed by atoms with Gasteiger partial charge in [-0.15, -0.1) is 0 Å². The molecule has 2 aromatic heterocycles. The first kappa shape index (κ1) is 14.8. The molecule has 108 valence electrons. The van der Waals surface area contributed by atoms with Crippen molar-refractivity contribution in [3.05, 3.63) is 22.3 Å². The van der Waals surface area contributed by atoms with Crippen molar-refractivity contribution in [3.63, 3.8) is 0 Å². The number of carbonyl (C=O) groups is 1. The number of nitrogens with zero attached hydrogens (tertiary/aromatic N) is 2. The molecule has 0 amide bonds. The molecule has 0 bridgehead atoms. The second kappa shape index (κ2) is 6.25. The van der Waals surface area contributed by atoms with E-state index >= 15 is 0 Å². The number of aromatic nitrogens is 2. The highest BCUT2D eigenvalue weighted by Crippen LogP contribution is 2.31. The summed E-state index contributed by atoms with van der Waals surface area (Å²) in [6, 6.07) is 0. The molecule has 2 heterocycles. The minimum Gasteiger partial charge on any atom is -0.478 e. The Hall–Kier alpha value is -1.57. The number of thiazole rings is 1. The van der Waals surface area contributed by atoms with Crippen molar-refractivity contribution in [2.24, 2.45) is 0 Å². The van der Waals surface area contributed by atoms with Gasteiger partial charge in [-0.1, -0.05) is 11.3 Å². The van der Waals surface area contributed by atoms with Crippen LogP contribution in [0.4, 0.5) is 0 Å². The molecule has 2 rings (SSSR count). The van der Waals surface area contributed by atoms with Crippen molar-refractivity contribution in [3.8, 4) is 0 Å². The van der Waals surface area contributed by atoms with Crippen molar-refractivity contribution in [2.45, 2.75) is 20.0 Å². The van der Waals surface area contributed by atoms with Crippen molar-refractivity contribution in [2.75, 3.05) is 20.3 Å². The molecule has 7 heteroatoms. The zero-order valence-corrected chi connectivity index (χ0v) is 12.4. The number of hydrogen-bond acceptors (Lipinski definition) is 6. The summed E-state index contributed by atoms with van der Waals surface area (Å²) in [6.45, 7) is 4.53. The Morgan fingerprint density at radius 1 is 1.50 bits per heavy atom. The number of carboxylic acids is 1. The van der Waals surface area contributed by atoms with Gasteiger partial charge in [-0.3, -0.25) is 0 Å². The van der Waals surface area contributed by atoms with Crippen LogP contribution in [0, 0.1) is 6.92 Å². The molecule has 0 aliphatic carbocycles. The van der Waals surface area contributed by atoms with Gasteiger partial charge in [0.25, 0.3) is 0 Å². The molecule has 0 aliphatic rings. The van der Waals surface area contributed by atoms with Crippen LogP contribution in [0.15, 0.2) is 6.20 Å². The lowest BCUT2D eigenvalue weighted by molar-refractivity contribution is 0.0252. The molecule has 0 aliphatic heterocycles. The normalized spacial score (nSPS) is 12.8. The maximum absolute atomic E-state index is 11.4. The van der Waals surface area contributed by atoms with Crippen LogP contribution in [0.25, 0.3) is 10.3 Å². The maximum Gasteiger partial charge on any atom is 0.337 e. The largest absolute Gasteiger partial charge is 0.478 e. The molecule has 1 unspecified atom stereocenters. The first-order valence-corrected chi connectivity index (χ1v) is 6.96. The standard InChI is InChI=1S/C13H16N2O4S/c1-7(19-5-4-18-3)10-9(13(16)17)6-14-12-11(10)15-8(2)20-12/h6-7H,4-5H2,1-3H3,(H,16,17). The van der Waals surface area contributed by atoms with Gasteiger partial charge in [-0.05, 0) is 13.8 Å². The number of carboxylic acid groups (broad SMARTS) is 1. The Labute approximate surface area is 120 Å². The predicted molar refractivity (Wildman–Crippen MR) is 75.4 cm³/mol. The van der Waals surface area contributed by atoms with E-state index < -0.39 is 5.97 Å². The maximum atomic E-state index is 11.4. The van der Waals surface area contributed by atoms with Crippen LogP contribution in [0.5, 0.6) is 0 Å². The summed E-state index contributed by atoms with van der Waals surface area (Å²) in [6.07, 6.45) is 0.983. The Morgan fingerprint density at radius 3 is 2.90 bits per heavy atom. The Balaban J connectivity index is 2.46. The highest BCUT2D eigenvalue weighted by molar-refractivity contribution is 7.18. The summed E-state index contributed by atoms with van der Waals surface area (Å²) >= 11 is 1.44. The predicted octanol–water partition coefficient (Wildman–Crippen LogP) is 2.42. The molecular weight excluding hydrogens is 280 g/mol. The topological polar surface area (TPSA) is 81.5 Å². The number of rotatable bonds is 6. The third kappa shape index (κ3) is 2.95. The van der Waals surface area contributed by atoms with Gasteiger partial charge in [0.15, 0.2) is 0 Å². The van der Waals surface area contributed by atoms with Gasteiger partial charge in [0.2, 0.25) is 0 Å². The number of methoxy groups -OCH3 is 1. The number of aryl methyl sites for hydroxylation is 1. The van der Waals surface area contributed by atoms with Gasteiger partial charge in [-0.2, -0.15) is 0 Å². The van der Waals surface area contributed by atoms with Gasteiger partial charge < -0.3 is 14.6 Å². The van der Waals surface area contributed by atoms with Crippen LogP contribution in [0.3, 0.4) is 0 Å². The number of fused-ring (bicyclic) bond motifs is 1. The summed E-state index contributed by atoms with van der Waals surface area (Å²) in [7, 11) is 1.59. The SMILES string of the molecule is COCCOC(C)c1c(C(=O)O)cnc2sc(C)nc12. The Kier molecular flexibility index (Phi) is 4.64. The van der Waals surface area contributed by atoms with Gasteiger partial charge in [0.05, 0.1) is 29.9 Å². The summed E-state index contributed by atoms with van der Waals surface area (Å²) < 4.78 is 10.6. The van der Waals surface area contributed by atoms with E-state index in [9.17, 15) is 9.90 Å². The van der Waals surface area contributed by atoms with Gasteiger partial charge in [-0.25, -0.2) is 14.8 Å². The fourth-order valence-electron chi connectivity index (χ4n) is 1.97. The van der Waals surface area contributed by atoms with Crippen LogP contribution in [-0.2, 0) is 9.47 Å². The fourth-order valence-corrected chi connectivity index (χ4v) is 2.75. The number of ether oxygens (including phenoxy) is 2. The molecule has 6 nitrogen and oxygen atoms in total. The van der Waals surface area contributed by atoms with Crippen molar-refractivity contribution >= 4 is 27.7 Å². The molecule has 0 spiro atoms. The highest BCUT2D eigenvalue weighted by Gasteiger charge is 2.22. The second-order valence-corrected chi connectivity index (χ2v) is 5.46. The summed E-state index contributed by atoms with van der Waals surface area (Å²) in [5, 5.41) is 10.2. The van der Waals surface area contributed by atoms with E-state index in [1.807, 2.05) is 13.8 Å². The van der Waals surface area contributed by atoms with E-state index in [-0.39, 0.29) is 11.7 Å². The molecule has 0 radical (unpaired) electrons. The second-order valence-electron chi connectivity index (χ2n) is 4.28. The first-order valence-electron chi connectivity index (χ1n) is 6.14. The highest BCUT2D eigenvalue weighted by atomic mass is 32.1. The first-order chi connectivity index (χ1) is 9.54. The van der Waals surface area contributed by atoms with Crippen molar-refractivity contribution < 1.29 is 19.4 Å². The minimum atomic E-state index is -1.03. The molecule has 1 atom stereocenters. The van der Waals surface area contributed by atoms with Crippen LogP contribution >= 0.6 is 11.3 Å². The minimum absolute atomic E-state index is 0.132. The smallest absolute Gasteiger partial charge is 0.337 e. The molecule has 1 N–H and O–H groups in total. The zero-order chi connectivity index (χ0) is 14.7. The van der Waals surface area contributed by atoms with E-state index in [0.29, 0.717) is 24.3 Å². The molecule has 0 fully saturated rings. The number of aromatic carboxylic acids is 1. The van der Waals surface area contributed by atoms with E-state index in [4.69, 9.17) is 9.47 Å². The van der Waals surface area contributed by atoms with Crippen LogP contribution in [0.1, 0.15) is 34.0 Å². The molecular formula is C13H16N2O4S. The van der Waals surface area contributed by atoms with Crippen molar-refractivity contribution in [1.29, 1.82) is 0 Å². The van der Waals surface area contributed by atoms with Crippen molar-refractivity contribution in [1.82, 2.24) is 9.97 Å². The quantitative estimate of drug-likeness (QED) is 0.824. The summed E-state index contributed by atoms with van der Waals surface area (Å²) in [5.41, 5.74) is 1.31. The van der Waals surface area contributed by atoms with Crippen LogP contribution < -0.4 is 0 Å². The molecule has 20 heavy (non-hydrogen) atoms. The average molecular weight is 296 g/mol. The lowest BCUT2D eigenvalue weighted by atomic mass is 10.0. The molecule has 0 saturated heterocycles.